The molecule has 1 atom stereocenters. The second-order valence-electron chi connectivity index (χ2n) is 9.44. The van der Waals surface area contributed by atoms with Crippen molar-refractivity contribution in [2.45, 2.75) is 67.9 Å². The Bertz CT molecular complexity index is 867. The van der Waals surface area contributed by atoms with Crippen molar-refractivity contribution in [2.75, 3.05) is 0 Å². The van der Waals surface area contributed by atoms with Gasteiger partial charge in [-0.05, 0) is 44.4 Å². The summed E-state index contributed by atoms with van der Waals surface area (Å²) in [6, 6.07) is 6.00. The molecule has 1 aromatic carbocycles. The number of esters is 1. The van der Waals surface area contributed by atoms with E-state index in [0.717, 1.165) is 22.4 Å². The fourth-order valence-corrected chi connectivity index (χ4v) is 2.91. The summed E-state index contributed by atoms with van der Waals surface area (Å²) >= 11 is 0. The Hall–Kier alpha value is -2.43. The van der Waals surface area contributed by atoms with Crippen LogP contribution in [0.5, 0.6) is 0 Å². The maximum Gasteiger partial charge on any atom is 0.311 e. The predicted molar refractivity (Wildman–Crippen MR) is 110 cm³/mol. The number of aromatic nitrogens is 2. The van der Waals surface area contributed by atoms with Gasteiger partial charge in [0.2, 0.25) is 5.91 Å². The fourth-order valence-electron chi connectivity index (χ4n) is 2.91. The minimum absolute atomic E-state index is 0.0121. The normalized spacial score (nSPS) is 13.3. The zero-order valence-corrected chi connectivity index (χ0v) is 18.3. The first-order valence-corrected chi connectivity index (χ1v) is 9.66. The third kappa shape index (κ3) is 4.89. The van der Waals surface area contributed by atoms with Gasteiger partial charge in [0, 0.05) is 17.5 Å². The van der Waals surface area contributed by atoms with Gasteiger partial charge in [-0.15, -0.1) is 0 Å². The molecule has 1 unspecified atom stereocenters. The molecule has 2 aromatic rings. The molecule has 28 heavy (non-hydrogen) atoms. The lowest BCUT2D eigenvalue weighted by Gasteiger charge is -2.19. The Labute approximate surface area is 168 Å². The number of hydrogen-bond acceptors (Lipinski definition) is 4. The summed E-state index contributed by atoms with van der Waals surface area (Å²) < 4.78 is 7.05. The third-order valence-corrected chi connectivity index (χ3v) is 4.85. The van der Waals surface area contributed by atoms with Crippen molar-refractivity contribution in [3.63, 3.8) is 0 Å². The van der Waals surface area contributed by atoms with E-state index in [2.05, 4.69) is 18.0 Å². The molecule has 2 rings (SSSR count). The molecule has 152 valence electrons. The Morgan fingerprint density at radius 1 is 1.11 bits per heavy atom. The number of imidazole rings is 1. The van der Waals surface area contributed by atoms with E-state index in [0.29, 0.717) is 0 Å². The highest BCUT2D eigenvalue weighted by Crippen LogP contribution is 2.29. The molecule has 0 saturated carbocycles. The van der Waals surface area contributed by atoms with Crippen molar-refractivity contribution in [3.05, 3.63) is 53.1 Å². The molecule has 1 aromatic heterocycles. The maximum atomic E-state index is 12.5. The monoisotopic (exact) mass is 384 g/mol. The van der Waals surface area contributed by atoms with Gasteiger partial charge in [-0.2, -0.15) is 0 Å². The summed E-state index contributed by atoms with van der Waals surface area (Å²) in [6.45, 7) is 15.6. The standard InChI is InChI=1S/C23H32N2O3/c1-15-17(13-28-21(27)23(6,7)8)10-9-11-18(15)16(2)19-12-25(14-24-19)20(26)22(3,4)5/h9-12,14,16H,13H2,1-8H3. The quantitative estimate of drug-likeness (QED) is 0.687. The van der Waals surface area contributed by atoms with Gasteiger partial charge < -0.3 is 4.74 Å². The molecular weight excluding hydrogens is 352 g/mol. The molecule has 0 fully saturated rings. The number of carbonyl (C=O) groups is 2. The van der Waals surface area contributed by atoms with Crippen LogP contribution in [0.3, 0.4) is 0 Å². The van der Waals surface area contributed by atoms with E-state index in [1.165, 1.54) is 0 Å². The number of hydrogen-bond donors (Lipinski definition) is 0. The summed E-state index contributed by atoms with van der Waals surface area (Å²) in [6.07, 6.45) is 3.40. The molecule has 0 spiro atoms. The maximum absolute atomic E-state index is 12.5. The predicted octanol–water partition coefficient (Wildman–Crippen LogP) is 5.12. The molecule has 0 radical (unpaired) electrons. The van der Waals surface area contributed by atoms with Gasteiger partial charge in [0.05, 0.1) is 11.1 Å². The minimum atomic E-state index is -0.523. The average molecular weight is 385 g/mol. The molecule has 0 aliphatic rings. The Kier molecular flexibility index (Phi) is 6.17. The first kappa shape index (κ1) is 21.9. The zero-order valence-electron chi connectivity index (χ0n) is 18.3. The molecular formula is C23H32N2O3. The second kappa shape index (κ2) is 7.90. The van der Waals surface area contributed by atoms with Gasteiger partial charge >= 0.3 is 5.97 Å². The number of rotatable bonds is 4. The lowest BCUT2D eigenvalue weighted by Crippen LogP contribution is -2.25. The van der Waals surface area contributed by atoms with Crippen LogP contribution in [0.2, 0.25) is 0 Å². The summed E-state index contributed by atoms with van der Waals surface area (Å²) in [4.78, 5) is 29.0. The van der Waals surface area contributed by atoms with E-state index >= 15 is 0 Å². The summed E-state index contributed by atoms with van der Waals surface area (Å²) in [5.41, 5.74) is 3.02. The lowest BCUT2D eigenvalue weighted by atomic mass is 9.91. The van der Waals surface area contributed by atoms with Crippen LogP contribution in [0.15, 0.2) is 30.7 Å². The molecule has 0 aliphatic carbocycles. The summed E-state index contributed by atoms with van der Waals surface area (Å²) in [5, 5.41) is 0. The van der Waals surface area contributed by atoms with E-state index < -0.39 is 10.8 Å². The zero-order chi connectivity index (χ0) is 21.3. The van der Waals surface area contributed by atoms with Crippen LogP contribution in [0.1, 0.15) is 81.6 Å². The van der Waals surface area contributed by atoms with Crippen LogP contribution in [0.25, 0.3) is 0 Å². The molecule has 1 heterocycles. The van der Waals surface area contributed by atoms with Crippen LogP contribution in [-0.4, -0.2) is 21.4 Å². The van der Waals surface area contributed by atoms with Crippen molar-refractivity contribution in [1.82, 2.24) is 9.55 Å². The number of nitrogens with zero attached hydrogens (tertiary/aromatic N) is 2. The molecule has 0 aliphatic heterocycles. The first-order chi connectivity index (χ1) is 12.8. The van der Waals surface area contributed by atoms with Gasteiger partial charge in [0.1, 0.15) is 12.9 Å². The first-order valence-electron chi connectivity index (χ1n) is 9.66. The van der Waals surface area contributed by atoms with Gasteiger partial charge in [0.25, 0.3) is 0 Å². The Balaban J connectivity index is 2.23. The number of benzene rings is 1. The van der Waals surface area contributed by atoms with Gasteiger partial charge in [-0.3, -0.25) is 14.2 Å². The molecule has 0 amide bonds. The Morgan fingerprint density at radius 2 is 1.75 bits per heavy atom. The topological polar surface area (TPSA) is 61.2 Å². The summed E-state index contributed by atoms with van der Waals surface area (Å²) in [5.74, 6) is -0.185. The van der Waals surface area contributed by atoms with Crippen molar-refractivity contribution < 1.29 is 14.3 Å². The van der Waals surface area contributed by atoms with Gasteiger partial charge in [0.15, 0.2) is 0 Å². The van der Waals surface area contributed by atoms with E-state index in [1.54, 1.807) is 10.9 Å². The summed E-state index contributed by atoms with van der Waals surface area (Å²) in [7, 11) is 0. The SMILES string of the molecule is Cc1c(COC(=O)C(C)(C)C)cccc1C(C)c1cn(C(=O)C(C)(C)C)cn1. The smallest absolute Gasteiger partial charge is 0.311 e. The van der Waals surface area contributed by atoms with Crippen LogP contribution in [0.4, 0.5) is 0 Å². The third-order valence-electron chi connectivity index (χ3n) is 4.85. The van der Waals surface area contributed by atoms with E-state index in [-0.39, 0.29) is 24.4 Å². The molecule has 5 heteroatoms. The van der Waals surface area contributed by atoms with Gasteiger partial charge in [-0.25, -0.2) is 4.98 Å². The second-order valence-corrected chi connectivity index (χ2v) is 9.44. The molecule has 0 N–H and O–H groups in total. The van der Waals surface area contributed by atoms with E-state index in [1.807, 2.05) is 66.8 Å². The highest BCUT2D eigenvalue weighted by Gasteiger charge is 2.25. The van der Waals surface area contributed by atoms with Crippen molar-refractivity contribution >= 4 is 11.9 Å². The van der Waals surface area contributed by atoms with Crippen molar-refractivity contribution in [1.29, 1.82) is 0 Å². The largest absolute Gasteiger partial charge is 0.460 e. The molecule has 0 bridgehead atoms. The number of ether oxygens (including phenoxy) is 1. The molecule has 0 saturated heterocycles. The Morgan fingerprint density at radius 3 is 2.32 bits per heavy atom. The van der Waals surface area contributed by atoms with Gasteiger partial charge in [-0.1, -0.05) is 45.9 Å². The molecule has 5 nitrogen and oxygen atoms in total. The van der Waals surface area contributed by atoms with Crippen LogP contribution >= 0.6 is 0 Å². The van der Waals surface area contributed by atoms with E-state index in [4.69, 9.17) is 4.74 Å². The lowest BCUT2D eigenvalue weighted by molar-refractivity contribution is -0.154. The van der Waals surface area contributed by atoms with Crippen molar-refractivity contribution in [3.8, 4) is 0 Å². The highest BCUT2D eigenvalue weighted by molar-refractivity contribution is 5.83. The minimum Gasteiger partial charge on any atom is -0.460 e. The van der Waals surface area contributed by atoms with E-state index in [9.17, 15) is 9.59 Å². The average Bonchev–Trinajstić information content (AvgIpc) is 3.07. The van der Waals surface area contributed by atoms with Crippen molar-refractivity contribution in [2.24, 2.45) is 10.8 Å². The number of carbonyl (C=O) groups excluding carboxylic acids is 2. The van der Waals surface area contributed by atoms with Crippen LogP contribution < -0.4 is 0 Å². The fraction of sp³-hybridized carbons (Fsp3) is 0.522. The van der Waals surface area contributed by atoms with Crippen LogP contribution in [0, 0.1) is 17.8 Å². The highest BCUT2D eigenvalue weighted by atomic mass is 16.5. The van der Waals surface area contributed by atoms with Crippen LogP contribution in [-0.2, 0) is 16.1 Å².